The van der Waals surface area contributed by atoms with Crippen LogP contribution in [-0.4, -0.2) is 11.6 Å². The Bertz CT molecular complexity index is 285. The zero-order valence-corrected chi connectivity index (χ0v) is 11.7. The van der Waals surface area contributed by atoms with Gasteiger partial charge in [-0.25, -0.2) is 0 Å². The van der Waals surface area contributed by atoms with Crippen LogP contribution in [0.5, 0.6) is 0 Å². The van der Waals surface area contributed by atoms with Crippen LogP contribution in [0.25, 0.3) is 0 Å². The van der Waals surface area contributed by atoms with E-state index in [1.807, 2.05) is 13.8 Å². The Balaban J connectivity index is 0.000000921. The number of allylic oxidation sites excluding steroid dienone is 3. The fourth-order valence-corrected chi connectivity index (χ4v) is 2.28. The summed E-state index contributed by atoms with van der Waals surface area (Å²) in [6.45, 7) is 13.5. The third-order valence-electron chi connectivity index (χ3n) is 2.13. The normalized spacial score (nSPS) is 20.9. The highest BCUT2D eigenvalue weighted by atomic mass is 32.2. The van der Waals surface area contributed by atoms with Crippen LogP contribution in [0.4, 0.5) is 0 Å². The average Bonchev–Trinajstić information content (AvgIpc) is 2.62. The molecule has 0 aromatic carbocycles. The first kappa shape index (κ1) is 14.5. The van der Waals surface area contributed by atoms with Crippen LogP contribution in [0.2, 0.25) is 0 Å². The lowest BCUT2D eigenvalue weighted by Gasteiger charge is -2.02. The molecule has 1 nitrogen and oxygen atoms in total. The van der Waals surface area contributed by atoms with Gasteiger partial charge in [0, 0.05) is 12.1 Å². The molecule has 0 N–H and O–H groups in total. The van der Waals surface area contributed by atoms with E-state index < -0.39 is 0 Å². The molecule has 0 aliphatic carbocycles. The minimum absolute atomic E-state index is 0.879. The molecule has 0 aromatic rings. The Morgan fingerprint density at radius 3 is 2.40 bits per heavy atom. The van der Waals surface area contributed by atoms with Crippen LogP contribution in [0.1, 0.15) is 48.0 Å². The lowest BCUT2D eigenvalue weighted by molar-refractivity contribution is 1.08. The van der Waals surface area contributed by atoms with Crippen LogP contribution < -0.4 is 0 Å². The van der Waals surface area contributed by atoms with Gasteiger partial charge in [-0.1, -0.05) is 38.1 Å². The summed E-state index contributed by atoms with van der Waals surface area (Å²) in [6.07, 6.45) is 3.36. The lowest BCUT2D eigenvalue weighted by atomic mass is 10.1. The Hall–Kier alpha value is -0.500. The van der Waals surface area contributed by atoms with E-state index in [-0.39, 0.29) is 0 Å². The number of nitrogens with zero attached hydrogens (tertiary/aromatic N) is 1. The van der Waals surface area contributed by atoms with Gasteiger partial charge in [-0.2, -0.15) is 0 Å². The summed E-state index contributed by atoms with van der Waals surface area (Å²) >= 11 is 1.80. The number of rotatable bonds is 2. The van der Waals surface area contributed by atoms with Crippen molar-refractivity contribution in [2.45, 2.75) is 48.0 Å². The molecule has 0 unspecified atom stereocenters. The van der Waals surface area contributed by atoms with Gasteiger partial charge >= 0.3 is 0 Å². The van der Waals surface area contributed by atoms with Gasteiger partial charge in [0.1, 0.15) is 5.04 Å². The van der Waals surface area contributed by atoms with Crippen LogP contribution in [0.15, 0.2) is 27.1 Å². The maximum Gasteiger partial charge on any atom is 0.102 e. The molecule has 15 heavy (non-hydrogen) atoms. The van der Waals surface area contributed by atoms with Gasteiger partial charge in [-0.3, -0.25) is 4.99 Å². The summed E-state index contributed by atoms with van der Waals surface area (Å²) in [5, 5.41) is 1.21. The van der Waals surface area contributed by atoms with E-state index in [4.69, 9.17) is 0 Å². The standard InChI is InChI=1S/C11H17NS.C2H6/c1-5-8(3)10-7-9(4)13-11(10)12-6-2;1-2/h7H,5-6H2,1-4H3;1-2H3/b10-8+,12-11?;. The van der Waals surface area contributed by atoms with E-state index in [2.05, 4.69) is 38.8 Å². The van der Waals surface area contributed by atoms with E-state index in [0.29, 0.717) is 0 Å². The molecule has 1 rings (SSSR count). The van der Waals surface area contributed by atoms with E-state index >= 15 is 0 Å². The van der Waals surface area contributed by atoms with Crippen molar-refractivity contribution in [1.82, 2.24) is 0 Å². The molecule has 0 spiro atoms. The van der Waals surface area contributed by atoms with Crippen LogP contribution in [-0.2, 0) is 0 Å². The zero-order valence-electron chi connectivity index (χ0n) is 10.8. The van der Waals surface area contributed by atoms with E-state index in [9.17, 15) is 0 Å². The Labute approximate surface area is 98.8 Å². The fourth-order valence-electron chi connectivity index (χ4n) is 1.26. The molecule has 0 fully saturated rings. The number of hydrogen-bond donors (Lipinski definition) is 0. The van der Waals surface area contributed by atoms with Crippen LogP contribution in [0, 0.1) is 0 Å². The van der Waals surface area contributed by atoms with Crippen molar-refractivity contribution < 1.29 is 0 Å². The number of aliphatic imine (C=N–C) groups is 1. The van der Waals surface area contributed by atoms with Gasteiger partial charge in [0.2, 0.25) is 0 Å². The quantitative estimate of drug-likeness (QED) is 0.657. The molecule has 0 aromatic heterocycles. The smallest absolute Gasteiger partial charge is 0.102 e. The lowest BCUT2D eigenvalue weighted by Crippen LogP contribution is -1.94. The molecule has 0 atom stereocenters. The zero-order chi connectivity index (χ0) is 11.8. The maximum atomic E-state index is 4.49. The molecule has 1 aliphatic rings. The Morgan fingerprint density at radius 2 is 1.93 bits per heavy atom. The topological polar surface area (TPSA) is 12.4 Å². The molecule has 0 bridgehead atoms. The van der Waals surface area contributed by atoms with Gasteiger partial charge in [-0.05, 0) is 38.2 Å². The number of thioether (sulfide) groups is 1. The molecular formula is C13H23NS. The second-order valence-corrected chi connectivity index (χ2v) is 4.42. The minimum atomic E-state index is 0.879. The Morgan fingerprint density at radius 1 is 1.33 bits per heavy atom. The highest BCUT2D eigenvalue weighted by molar-refractivity contribution is 8.18. The first-order valence-corrected chi connectivity index (χ1v) is 6.61. The van der Waals surface area contributed by atoms with Crippen molar-refractivity contribution in [2.75, 3.05) is 6.54 Å². The van der Waals surface area contributed by atoms with Crippen LogP contribution >= 0.6 is 11.8 Å². The molecule has 1 aliphatic heterocycles. The maximum absolute atomic E-state index is 4.49. The van der Waals surface area contributed by atoms with E-state index in [0.717, 1.165) is 13.0 Å². The van der Waals surface area contributed by atoms with Crippen LogP contribution in [0.3, 0.4) is 0 Å². The third-order valence-corrected chi connectivity index (χ3v) is 3.11. The molecule has 0 saturated carbocycles. The monoisotopic (exact) mass is 225 g/mol. The first-order valence-electron chi connectivity index (χ1n) is 5.79. The second kappa shape index (κ2) is 7.75. The molecular weight excluding hydrogens is 202 g/mol. The summed E-state index contributed by atoms with van der Waals surface area (Å²) in [5.41, 5.74) is 2.79. The molecule has 0 amide bonds. The SMILES string of the molecule is CC.CCN=C1SC(C)=C/C1=C(/C)CC. The largest absolute Gasteiger partial charge is 0.278 e. The third kappa shape index (κ3) is 4.25. The summed E-state index contributed by atoms with van der Waals surface area (Å²) < 4.78 is 0. The summed E-state index contributed by atoms with van der Waals surface area (Å²) in [7, 11) is 0. The predicted molar refractivity (Wildman–Crippen MR) is 73.7 cm³/mol. The first-order chi connectivity index (χ1) is 7.19. The molecule has 86 valence electrons. The van der Waals surface area contributed by atoms with Gasteiger partial charge in [0.05, 0.1) is 0 Å². The van der Waals surface area contributed by atoms with Gasteiger partial charge in [0.25, 0.3) is 0 Å². The molecule has 2 heteroatoms. The Kier molecular flexibility index (Phi) is 7.49. The highest BCUT2D eigenvalue weighted by Gasteiger charge is 2.15. The van der Waals surface area contributed by atoms with Crippen molar-refractivity contribution in [1.29, 1.82) is 0 Å². The summed E-state index contributed by atoms with van der Waals surface area (Å²) in [4.78, 5) is 5.85. The number of hydrogen-bond acceptors (Lipinski definition) is 2. The van der Waals surface area contributed by atoms with Crippen molar-refractivity contribution in [3.63, 3.8) is 0 Å². The van der Waals surface area contributed by atoms with Crippen molar-refractivity contribution in [2.24, 2.45) is 4.99 Å². The van der Waals surface area contributed by atoms with E-state index in [1.165, 1.54) is 21.1 Å². The van der Waals surface area contributed by atoms with Crippen molar-refractivity contribution >= 4 is 16.8 Å². The molecule has 0 saturated heterocycles. The summed E-state index contributed by atoms with van der Waals surface area (Å²) in [5.74, 6) is 0. The highest BCUT2D eigenvalue weighted by Crippen LogP contribution is 2.33. The van der Waals surface area contributed by atoms with E-state index in [1.54, 1.807) is 11.8 Å². The van der Waals surface area contributed by atoms with Crippen molar-refractivity contribution in [3.05, 3.63) is 22.1 Å². The van der Waals surface area contributed by atoms with Gasteiger partial charge in [-0.15, -0.1) is 0 Å². The summed E-state index contributed by atoms with van der Waals surface area (Å²) in [6, 6.07) is 0. The van der Waals surface area contributed by atoms with Gasteiger partial charge in [0.15, 0.2) is 0 Å². The average molecular weight is 225 g/mol. The molecule has 1 heterocycles. The van der Waals surface area contributed by atoms with Crippen molar-refractivity contribution in [3.8, 4) is 0 Å². The molecule has 0 radical (unpaired) electrons. The fraction of sp³-hybridized carbons (Fsp3) is 0.615. The predicted octanol–water partition coefficient (Wildman–Crippen LogP) is 4.81. The van der Waals surface area contributed by atoms with Gasteiger partial charge < -0.3 is 0 Å². The second-order valence-electron chi connectivity index (χ2n) is 3.18. The minimum Gasteiger partial charge on any atom is -0.278 e.